The summed E-state index contributed by atoms with van der Waals surface area (Å²) in [7, 11) is 0. The minimum atomic E-state index is -1.06. The van der Waals surface area contributed by atoms with Crippen molar-refractivity contribution in [3.63, 3.8) is 0 Å². The third kappa shape index (κ3) is 4.58. The van der Waals surface area contributed by atoms with Crippen molar-refractivity contribution in [3.8, 4) is 5.82 Å². The second kappa shape index (κ2) is 8.31. The maximum absolute atomic E-state index is 10.9. The molecule has 2 aromatic heterocycles. The first-order valence-corrected chi connectivity index (χ1v) is 7.09. The molecule has 0 radical (unpaired) electrons. The van der Waals surface area contributed by atoms with Gasteiger partial charge in [0, 0.05) is 37.2 Å². The van der Waals surface area contributed by atoms with E-state index in [4.69, 9.17) is 9.84 Å². The molecule has 2 aromatic rings. The fourth-order valence-electron chi connectivity index (χ4n) is 2.34. The predicted octanol–water partition coefficient (Wildman–Crippen LogP) is -1.62. The Morgan fingerprint density at radius 1 is 1.43 bits per heavy atom. The number of aryl methyl sites for hydroxylation is 1. The van der Waals surface area contributed by atoms with Gasteiger partial charge in [0.15, 0.2) is 5.69 Å². The van der Waals surface area contributed by atoms with Gasteiger partial charge in [-0.2, -0.15) is 4.98 Å². The first-order valence-electron chi connectivity index (χ1n) is 7.09. The number of ether oxygens (including phenoxy) is 1. The summed E-state index contributed by atoms with van der Waals surface area (Å²) >= 11 is 0. The van der Waals surface area contributed by atoms with E-state index < -0.39 is 5.97 Å². The number of imidazole rings is 1. The van der Waals surface area contributed by atoms with Crippen molar-refractivity contribution in [2.45, 2.75) is 25.8 Å². The van der Waals surface area contributed by atoms with Gasteiger partial charge < -0.3 is 16.6 Å². The van der Waals surface area contributed by atoms with E-state index in [-0.39, 0.29) is 58.5 Å². The first-order chi connectivity index (χ1) is 10.6. The largest absolute Gasteiger partial charge is 1.00 e. The van der Waals surface area contributed by atoms with Crippen LogP contribution in [-0.2, 0) is 4.74 Å². The Hall–Kier alpha value is -0.844. The summed E-state index contributed by atoms with van der Waals surface area (Å²) in [5.41, 5.74) is 0.823. The molecule has 1 aliphatic heterocycles. The van der Waals surface area contributed by atoms with E-state index in [2.05, 4.69) is 20.3 Å². The molecule has 0 unspecified atom stereocenters. The van der Waals surface area contributed by atoms with Crippen LogP contribution in [0.5, 0.6) is 0 Å². The molecule has 2 N–H and O–H groups in total. The first kappa shape index (κ1) is 18.5. The summed E-state index contributed by atoms with van der Waals surface area (Å²) in [5, 5.41) is 12.2. The summed E-state index contributed by atoms with van der Waals surface area (Å²) in [4.78, 5) is 23.5. The average Bonchev–Trinajstić information content (AvgIpc) is 3.00. The molecule has 0 amide bonds. The number of carboxylic acids is 1. The zero-order valence-corrected chi connectivity index (χ0v) is 16.3. The SMILES string of the molecule is Cc1cnc(NC2CCOCC2)nc1-n1cnc(C(=O)O)c1.[H-].[K+]. The van der Waals surface area contributed by atoms with E-state index in [1.807, 2.05) is 6.92 Å². The predicted molar refractivity (Wildman–Crippen MR) is 79.4 cm³/mol. The van der Waals surface area contributed by atoms with Crippen molar-refractivity contribution >= 4 is 11.9 Å². The molecule has 8 nitrogen and oxygen atoms in total. The molecule has 118 valence electrons. The fraction of sp³-hybridized carbons (Fsp3) is 0.429. The number of anilines is 1. The molecule has 0 saturated carbocycles. The van der Waals surface area contributed by atoms with Crippen molar-refractivity contribution in [1.29, 1.82) is 0 Å². The van der Waals surface area contributed by atoms with Crippen molar-refractivity contribution in [2.24, 2.45) is 0 Å². The second-order valence-corrected chi connectivity index (χ2v) is 5.20. The van der Waals surface area contributed by atoms with Crippen LogP contribution in [0.4, 0.5) is 5.95 Å². The molecule has 0 atom stereocenters. The van der Waals surface area contributed by atoms with Crippen LogP contribution >= 0.6 is 0 Å². The maximum Gasteiger partial charge on any atom is 1.00 e. The molecule has 23 heavy (non-hydrogen) atoms. The second-order valence-electron chi connectivity index (χ2n) is 5.20. The Morgan fingerprint density at radius 2 is 2.17 bits per heavy atom. The number of carboxylic acid groups (broad SMARTS) is 1. The van der Waals surface area contributed by atoms with Crippen LogP contribution < -0.4 is 56.7 Å². The Labute approximate surface area is 177 Å². The van der Waals surface area contributed by atoms with Crippen molar-refractivity contribution in [3.05, 3.63) is 30.0 Å². The van der Waals surface area contributed by atoms with E-state index in [0.717, 1.165) is 31.6 Å². The van der Waals surface area contributed by atoms with Gasteiger partial charge in [0.2, 0.25) is 5.95 Å². The Kier molecular flexibility index (Phi) is 6.68. The van der Waals surface area contributed by atoms with E-state index in [9.17, 15) is 4.79 Å². The fourth-order valence-corrected chi connectivity index (χ4v) is 2.34. The van der Waals surface area contributed by atoms with E-state index in [0.29, 0.717) is 17.8 Å². The molecule has 0 aliphatic carbocycles. The van der Waals surface area contributed by atoms with Gasteiger partial charge in [-0.25, -0.2) is 14.8 Å². The molecule has 3 rings (SSSR count). The number of aromatic nitrogens is 4. The van der Waals surface area contributed by atoms with Gasteiger partial charge in [-0.1, -0.05) is 0 Å². The monoisotopic (exact) mass is 343 g/mol. The summed E-state index contributed by atoms with van der Waals surface area (Å²) in [5.74, 6) is 0.0775. The molecular weight excluding hydrogens is 325 g/mol. The number of nitrogens with one attached hydrogen (secondary N) is 1. The zero-order valence-electron chi connectivity index (χ0n) is 14.2. The summed E-state index contributed by atoms with van der Waals surface area (Å²) in [6, 6.07) is 0.293. The molecule has 1 saturated heterocycles. The maximum atomic E-state index is 10.9. The van der Waals surface area contributed by atoms with Crippen LogP contribution in [0.2, 0.25) is 0 Å². The van der Waals surface area contributed by atoms with E-state index in [1.54, 1.807) is 10.8 Å². The van der Waals surface area contributed by atoms with Gasteiger partial charge in [0.05, 0.1) is 0 Å². The number of aromatic carboxylic acids is 1. The van der Waals surface area contributed by atoms with Crippen LogP contribution in [0.3, 0.4) is 0 Å². The van der Waals surface area contributed by atoms with Gasteiger partial charge in [-0.05, 0) is 19.8 Å². The summed E-state index contributed by atoms with van der Waals surface area (Å²) in [6.07, 6.45) is 6.43. The quantitative estimate of drug-likeness (QED) is 0.643. The number of hydrogen-bond donors (Lipinski definition) is 2. The topological polar surface area (TPSA) is 102 Å². The Morgan fingerprint density at radius 3 is 2.83 bits per heavy atom. The molecule has 3 heterocycles. The number of carbonyl (C=O) groups is 1. The number of hydrogen-bond acceptors (Lipinski definition) is 6. The Bertz CT molecular complexity index is 691. The third-order valence-electron chi connectivity index (χ3n) is 3.55. The van der Waals surface area contributed by atoms with Crippen molar-refractivity contribution < 1.29 is 67.4 Å². The molecular formula is C14H18KN5O3. The minimum Gasteiger partial charge on any atom is -1.00 e. The van der Waals surface area contributed by atoms with Gasteiger partial charge in [0.1, 0.15) is 12.1 Å². The Balaban J connectivity index is 0.00000144. The minimum absolute atomic E-state index is 0. The van der Waals surface area contributed by atoms with Crippen molar-refractivity contribution in [1.82, 2.24) is 19.5 Å². The van der Waals surface area contributed by atoms with Gasteiger partial charge >= 0.3 is 57.4 Å². The van der Waals surface area contributed by atoms with Crippen LogP contribution in [-0.4, -0.2) is 49.9 Å². The smallest absolute Gasteiger partial charge is 1.00 e. The molecule has 1 fully saturated rings. The standard InChI is InChI=1S/C14H17N5O3.K.H/c1-9-6-15-14(17-10-2-4-22-5-3-10)18-12(9)19-7-11(13(20)21)16-8-19;;/h6-8,10H,2-5H2,1H3,(H,20,21)(H,15,17,18);;/q;+1;-1. The van der Waals surface area contributed by atoms with E-state index >= 15 is 0 Å². The van der Waals surface area contributed by atoms with Crippen LogP contribution in [0.25, 0.3) is 5.82 Å². The molecule has 9 heteroatoms. The summed E-state index contributed by atoms with van der Waals surface area (Å²) < 4.78 is 6.92. The number of rotatable bonds is 4. The van der Waals surface area contributed by atoms with Crippen molar-refractivity contribution in [2.75, 3.05) is 18.5 Å². The van der Waals surface area contributed by atoms with Gasteiger partial charge in [-0.3, -0.25) is 4.57 Å². The van der Waals surface area contributed by atoms with Crippen LogP contribution in [0.1, 0.15) is 30.3 Å². The molecule has 1 aliphatic rings. The normalized spacial score (nSPS) is 15.0. The molecule has 0 aromatic carbocycles. The van der Waals surface area contributed by atoms with Gasteiger partial charge in [0.25, 0.3) is 0 Å². The molecule has 0 bridgehead atoms. The van der Waals surface area contributed by atoms with E-state index in [1.165, 1.54) is 12.5 Å². The molecule has 0 spiro atoms. The van der Waals surface area contributed by atoms with Gasteiger partial charge in [-0.15, -0.1) is 0 Å². The zero-order chi connectivity index (χ0) is 15.5. The summed E-state index contributed by atoms with van der Waals surface area (Å²) in [6.45, 7) is 3.34. The number of nitrogens with zero attached hydrogens (tertiary/aromatic N) is 4. The van der Waals surface area contributed by atoms with Crippen LogP contribution in [0.15, 0.2) is 18.7 Å². The van der Waals surface area contributed by atoms with Crippen LogP contribution in [0, 0.1) is 6.92 Å². The third-order valence-corrected chi connectivity index (χ3v) is 3.55. The average molecular weight is 343 g/mol.